The number of benzene rings is 1. The Morgan fingerprint density at radius 2 is 2.14 bits per heavy atom. The molecular formula is C16H21N3O2. The minimum Gasteiger partial charge on any atom is -0.398 e. The molecule has 1 aliphatic rings. The first-order valence-corrected chi connectivity index (χ1v) is 7.42. The van der Waals surface area contributed by atoms with E-state index in [1.54, 1.807) is 0 Å². The fourth-order valence-electron chi connectivity index (χ4n) is 2.62. The average molecular weight is 287 g/mol. The van der Waals surface area contributed by atoms with E-state index < -0.39 is 0 Å². The van der Waals surface area contributed by atoms with Gasteiger partial charge in [0, 0.05) is 12.3 Å². The molecule has 1 aromatic carbocycles. The van der Waals surface area contributed by atoms with Crippen LogP contribution in [0.2, 0.25) is 0 Å². The lowest BCUT2D eigenvalue weighted by Gasteiger charge is -2.11. The summed E-state index contributed by atoms with van der Waals surface area (Å²) in [6, 6.07) is 4.02. The van der Waals surface area contributed by atoms with Crippen molar-refractivity contribution in [2.24, 2.45) is 5.92 Å². The summed E-state index contributed by atoms with van der Waals surface area (Å²) >= 11 is 0. The fourth-order valence-corrected chi connectivity index (χ4v) is 2.62. The number of rotatable bonds is 5. The van der Waals surface area contributed by atoms with Crippen LogP contribution in [-0.2, 0) is 4.74 Å². The van der Waals surface area contributed by atoms with Crippen molar-refractivity contribution in [1.82, 2.24) is 10.1 Å². The number of anilines is 1. The molecule has 1 unspecified atom stereocenters. The second-order valence-corrected chi connectivity index (χ2v) is 5.71. The van der Waals surface area contributed by atoms with E-state index in [1.807, 2.05) is 32.9 Å². The Kier molecular flexibility index (Phi) is 3.68. The van der Waals surface area contributed by atoms with Crippen molar-refractivity contribution in [3.05, 3.63) is 29.1 Å². The summed E-state index contributed by atoms with van der Waals surface area (Å²) in [5, 5.41) is 4.11. The van der Waals surface area contributed by atoms with Gasteiger partial charge >= 0.3 is 0 Å². The van der Waals surface area contributed by atoms with Crippen LogP contribution in [0.5, 0.6) is 0 Å². The number of nitrogens with zero attached hydrogens (tertiary/aromatic N) is 2. The Hall–Kier alpha value is -1.88. The third-order valence-corrected chi connectivity index (χ3v) is 3.85. The molecule has 21 heavy (non-hydrogen) atoms. The summed E-state index contributed by atoms with van der Waals surface area (Å²) < 4.78 is 11.2. The first-order chi connectivity index (χ1) is 10.1. The molecule has 3 rings (SSSR count). The van der Waals surface area contributed by atoms with Gasteiger partial charge < -0.3 is 15.0 Å². The highest BCUT2D eigenvalue weighted by Gasteiger charge is 2.36. The zero-order valence-electron chi connectivity index (χ0n) is 12.7. The van der Waals surface area contributed by atoms with Crippen molar-refractivity contribution >= 4 is 5.69 Å². The lowest BCUT2D eigenvalue weighted by molar-refractivity contribution is 0.0385. The zero-order valence-corrected chi connectivity index (χ0v) is 12.7. The SMILES string of the molecule is CCOC(c1noc(-c2cc(C)cc(C)c2N)n1)C1CC1. The maximum Gasteiger partial charge on any atom is 0.260 e. The van der Waals surface area contributed by atoms with Crippen LogP contribution in [0.25, 0.3) is 11.5 Å². The van der Waals surface area contributed by atoms with Crippen LogP contribution in [0.4, 0.5) is 5.69 Å². The number of aromatic nitrogens is 2. The number of hydrogen-bond acceptors (Lipinski definition) is 5. The van der Waals surface area contributed by atoms with Gasteiger partial charge in [-0.3, -0.25) is 0 Å². The van der Waals surface area contributed by atoms with Crippen LogP contribution in [0.15, 0.2) is 16.7 Å². The van der Waals surface area contributed by atoms with Gasteiger partial charge in [-0.1, -0.05) is 11.2 Å². The maximum atomic E-state index is 6.14. The molecule has 0 bridgehead atoms. The highest BCUT2D eigenvalue weighted by atomic mass is 16.5. The highest BCUT2D eigenvalue weighted by Crippen LogP contribution is 2.42. The monoisotopic (exact) mass is 287 g/mol. The third-order valence-electron chi connectivity index (χ3n) is 3.85. The Balaban J connectivity index is 1.94. The van der Waals surface area contributed by atoms with Gasteiger partial charge in [0.15, 0.2) is 0 Å². The van der Waals surface area contributed by atoms with Crippen molar-refractivity contribution in [3.8, 4) is 11.5 Å². The van der Waals surface area contributed by atoms with Gasteiger partial charge in [0.2, 0.25) is 5.82 Å². The largest absolute Gasteiger partial charge is 0.398 e. The van der Waals surface area contributed by atoms with E-state index in [9.17, 15) is 0 Å². The van der Waals surface area contributed by atoms with E-state index in [0.29, 0.717) is 29.9 Å². The van der Waals surface area contributed by atoms with Crippen LogP contribution in [-0.4, -0.2) is 16.7 Å². The van der Waals surface area contributed by atoms with Crippen LogP contribution in [0.3, 0.4) is 0 Å². The Morgan fingerprint density at radius 1 is 1.38 bits per heavy atom. The van der Waals surface area contributed by atoms with E-state index >= 15 is 0 Å². The summed E-state index contributed by atoms with van der Waals surface area (Å²) in [6.45, 7) is 6.64. The van der Waals surface area contributed by atoms with Crippen molar-refractivity contribution < 1.29 is 9.26 Å². The summed E-state index contributed by atoms with van der Waals surface area (Å²) in [7, 11) is 0. The molecule has 0 saturated heterocycles. The Bertz CT molecular complexity index is 647. The molecule has 0 radical (unpaired) electrons. The summed E-state index contributed by atoms with van der Waals surface area (Å²) in [4.78, 5) is 4.52. The third kappa shape index (κ3) is 2.78. The van der Waals surface area contributed by atoms with Crippen molar-refractivity contribution in [2.45, 2.75) is 39.7 Å². The molecule has 0 amide bonds. The number of nitrogen functional groups attached to an aromatic ring is 1. The van der Waals surface area contributed by atoms with E-state index in [1.165, 1.54) is 12.8 Å². The summed E-state index contributed by atoms with van der Waals surface area (Å²) in [6.07, 6.45) is 2.28. The quantitative estimate of drug-likeness (QED) is 0.853. The van der Waals surface area contributed by atoms with Crippen molar-refractivity contribution in [3.63, 3.8) is 0 Å². The second-order valence-electron chi connectivity index (χ2n) is 5.71. The van der Waals surface area contributed by atoms with Crippen molar-refractivity contribution in [2.75, 3.05) is 12.3 Å². The average Bonchev–Trinajstić information content (AvgIpc) is 3.17. The van der Waals surface area contributed by atoms with Crippen LogP contribution < -0.4 is 5.73 Å². The minimum atomic E-state index is -0.0559. The second kappa shape index (κ2) is 5.48. The highest BCUT2D eigenvalue weighted by molar-refractivity contribution is 5.74. The smallest absolute Gasteiger partial charge is 0.260 e. The number of hydrogen-bond donors (Lipinski definition) is 1. The molecular weight excluding hydrogens is 266 g/mol. The minimum absolute atomic E-state index is 0.0559. The van der Waals surface area contributed by atoms with Gasteiger partial charge in [-0.15, -0.1) is 0 Å². The van der Waals surface area contributed by atoms with E-state index in [-0.39, 0.29) is 6.10 Å². The standard InChI is InChI=1S/C16H21N3O2/c1-4-20-14(11-5-6-11)15-18-16(21-19-15)12-8-9(2)7-10(3)13(12)17/h7-8,11,14H,4-6,17H2,1-3H3. The molecule has 5 nitrogen and oxygen atoms in total. The molecule has 0 spiro atoms. The maximum absolute atomic E-state index is 6.14. The van der Waals surface area contributed by atoms with E-state index in [0.717, 1.165) is 16.7 Å². The predicted molar refractivity (Wildman–Crippen MR) is 80.7 cm³/mol. The normalized spacial score (nSPS) is 16.1. The molecule has 2 N–H and O–H groups in total. The first-order valence-electron chi connectivity index (χ1n) is 7.42. The Labute approximate surface area is 124 Å². The fraction of sp³-hybridized carbons (Fsp3) is 0.500. The van der Waals surface area contributed by atoms with Gasteiger partial charge in [-0.25, -0.2) is 0 Å². The number of ether oxygens (including phenoxy) is 1. The number of nitrogens with two attached hydrogens (primary N) is 1. The Morgan fingerprint density at radius 3 is 2.81 bits per heavy atom. The molecule has 1 heterocycles. The molecule has 1 aliphatic carbocycles. The molecule has 1 saturated carbocycles. The van der Waals surface area contributed by atoms with Crippen LogP contribution >= 0.6 is 0 Å². The van der Waals surface area contributed by atoms with Gasteiger partial charge in [0.1, 0.15) is 6.10 Å². The van der Waals surface area contributed by atoms with E-state index in [4.69, 9.17) is 15.0 Å². The van der Waals surface area contributed by atoms with Gasteiger partial charge in [0.05, 0.1) is 5.56 Å². The van der Waals surface area contributed by atoms with Gasteiger partial charge in [-0.2, -0.15) is 4.98 Å². The number of aryl methyl sites for hydroxylation is 2. The van der Waals surface area contributed by atoms with Gasteiger partial charge in [0.25, 0.3) is 5.89 Å². The lowest BCUT2D eigenvalue weighted by atomic mass is 10.0. The topological polar surface area (TPSA) is 74.2 Å². The first kappa shape index (κ1) is 14.1. The van der Waals surface area contributed by atoms with Crippen LogP contribution in [0.1, 0.15) is 42.8 Å². The lowest BCUT2D eigenvalue weighted by Crippen LogP contribution is -2.08. The molecule has 0 aliphatic heterocycles. The van der Waals surface area contributed by atoms with E-state index in [2.05, 4.69) is 10.1 Å². The molecule has 5 heteroatoms. The predicted octanol–water partition coefficient (Wildman–Crippen LogP) is 3.42. The van der Waals surface area contributed by atoms with Crippen LogP contribution in [0, 0.1) is 19.8 Å². The molecule has 1 fully saturated rings. The van der Waals surface area contributed by atoms with Gasteiger partial charge in [-0.05, 0) is 56.7 Å². The molecule has 112 valence electrons. The summed E-state index contributed by atoms with van der Waals surface area (Å²) in [5.41, 5.74) is 9.78. The molecule has 1 aromatic heterocycles. The zero-order chi connectivity index (χ0) is 15.0. The molecule has 2 aromatic rings. The summed E-state index contributed by atoms with van der Waals surface area (Å²) in [5.74, 6) is 1.62. The molecule has 1 atom stereocenters. The van der Waals surface area contributed by atoms with Crippen molar-refractivity contribution in [1.29, 1.82) is 0 Å².